The lowest BCUT2D eigenvalue weighted by Gasteiger charge is -2.27. The summed E-state index contributed by atoms with van der Waals surface area (Å²) in [6.45, 7) is 1.23. The lowest BCUT2D eigenvalue weighted by atomic mass is 10.1. The molecule has 0 radical (unpaired) electrons. The van der Waals surface area contributed by atoms with Gasteiger partial charge in [0.25, 0.3) is 5.91 Å². The molecular weight excluding hydrogens is 455 g/mol. The maximum Gasteiger partial charge on any atom is 0.416 e. The molecule has 0 bridgehead atoms. The van der Waals surface area contributed by atoms with Gasteiger partial charge < -0.3 is 10.1 Å². The Morgan fingerprint density at radius 3 is 2.62 bits per heavy atom. The van der Waals surface area contributed by atoms with Crippen molar-refractivity contribution < 1.29 is 40.7 Å². The summed E-state index contributed by atoms with van der Waals surface area (Å²) < 4.78 is 66.8. The molecule has 1 aromatic rings. The number of carbonyl (C=O) groups is 3. The summed E-state index contributed by atoms with van der Waals surface area (Å²) in [6.07, 6.45) is -5.86. The lowest BCUT2D eigenvalue weighted by molar-refractivity contribution is -0.147. The predicted molar refractivity (Wildman–Crippen MR) is 106 cm³/mol. The molecule has 0 aliphatic carbocycles. The standard InChI is InChI=1S/C19H20F3N3O6S/c1-11(17(27)23-13-4-2-3-12(9-13)19(20,21)22)31-18(28)15-5-6-16(26)25(24-15)14-7-8-32(29,30)10-14/h2-4,9,11,14H,5-8,10H2,1H3,(H,23,27)/t11-,14+/m1/s1. The molecule has 0 spiro atoms. The van der Waals surface area contributed by atoms with Crippen molar-refractivity contribution in [3.05, 3.63) is 29.8 Å². The molecule has 0 unspecified atom stereocenters. The number of hydrazone groups is 1. The van der Waals surface area contributed by atoms with E-state index in [-0.39, 0.29) is 42.2 Å². The Labute approximate surface area is 181 Å². The number of hydrogen-bond donors (Lipinski definition) is 1. The second kappa shape index (κ2) is 8.88. The first-order valence-corrected chi connectivity index (χ1v) is 11.5. The van der Waals surface area contributed by atoms with Crippen molar-refractivity contribution in [2.24, 2.45) is 5.10 Å². The third-order valence-electron chi connectivity index (χ3n) is 4.96. The summed E-state index contributed by atoms with van der Waals surface area (Å²) in [5.41, 5.74) is -1.22. The van der Waals surface area contributed by atoms with Crippen LogP contribution in [0.2, 0.25) is 0 Å². The summed E-state index contributed by atoms with van der Waals surface area (Å²) in [5.74, 6) is -2.58. The van der Waals surface area contributed by atoms with E-state index >= 15 is 0 Å². The van der Waals surface area contributed by atoms with Crippen molar-refractivity contribution in [2.45, 2.75) is 44.5 Å². The number of esters is 1. The van der Waals surface area contributed by atoms with E-state index in [1.165, 1.54) is 13.0 Å². The van der Waals surface area contributed by atoms with E-state index in [1.54, 1.807) is 0 Å². The minimum absolute atomic E-state index is 0.0460. The van der Waals surface area contributed by atoms with Crippen LogP contribution in [0.25, 0.3) is 0 Å². The fourth-order valence-electron chi connectivity index (χ4n) is 3.27. The van der Waals surface area contributed by atoms with Crippen LogP contribution in [0.4, 0.5) is 18.9 Å². The van der Waals surface area contributed by atoms with Crippen molar-refractivity contribution in [1.82, 2.24) is 5.01 Å². The normalized spacial score (nSPS) is 21.6. The van der Waals surface area contributed by atoms with Crippen LogP contribution in [0.5, 0.6) is 0 Å². The fourth-order valence-corrected chi connectivity index (χ4v) is 4.96. The highest BCUT2D eigenvalue weighted by atomic mass is 32.2. The third kappa shape index (κ3) is 5.64. The van der Waals surface area contributed by atoms with Crippen LogP contribution >= 0.6 is 0 Å². The number of nitrogens with one attached hydrogen (secondary N) is 1. The summed E-state index contributed by atoms with van der Waals surface area (Å²) in [7, 11) is -3.28. The van der Waals surface area contributed by atoms with E-state index in [0.717, 1.165) is 23.2 Å². The number of halogens is 3. The average Bonchev–Trinajstić information content (AvgIpc) is 3.07. The Morgan fingerprint density at radius 2 is 2.00 bits per heavy atom. The molecule has 174 valence electrons. The second-order valence-corrected chi connectivity index (χ2v) is 9.69. The van der Waals surface area contributed by atoms with Crippen LogP contribution in [0.15, 0.2) is 29.4 Å². The Balaban J connectivity index is 1.64. The Bertz CT molecular complexity index is 1070. The zero-order chi connectivity index (χ0) is 23.7. The zero-order valence-electron chi connectivity index (χ0n) is 16.9. The molecule has 1 aromatic carbocycles. The predicted octanol–water partition coefficient (Wildman–Crippen LogP) is 1.74. The highest BCUT2D eigenvalue weighted by Crippen LogP contribution is 2.30. The molecule has 2 aliphatic heterocycles. The van der Waals surface area contributed by atoms with Gasteiger partial charge in [-0.25, -0.2) is 18.2 Å². The number of amides is 2. The molecule has 13 heteroatoms. The van der Waals surface area contributed by atoms with Crippen LogP contribution in [0, 0.1) is 0 Å². The third-order valence-corrected chi connectivity index (χ3v) is 6.71. The first kappa shape index (κ1) is 23.7. The van der Waals surface area contributed by atoms with Gasteiger partial charge in [0.1, 0.15) is 5.71 Å². The Hall–Kier alpha value is -2.96. The molecule has 2 heterocycles. The number of ether oxygens (including phenoxy) is 1. The second-order valence-electron chi connectivity index (χ2n) is 7.46. The molecule has 2 aliphatic rings. The van der Waals surface area contributed by atoms with Gasteiger partial charge in [-0.05, 0) is 31.5 Å². The Morgan fingerprint density at radius 1 is 1.28 bits per heavy atom. The van der Waals surface area contributed by atoms with Crippen molar-refractivity contribution >= 4 is 39.0 Å². The highest BCUT2D eigenvalue weighted by molar-refractivity contribution is 7.91. The van der Waals surface area contributed by atoms with Gasteiger partial charge >= 0.3 is 12.1 Å². The van der Waals surface area contributed by atoms with E-state index in [9.17, 15) is 36.0 Å². The SMILES string of the molecule is C[C@@H](OC(=O)C1=NN([C@H]2CCS(=O)(=O)C2)C(=O)CC1)C(=O)Nc1cccc(C(F)(F)F)c1. The zero-order valence-corrected chi connectivity index (χ0v) is 17.7. The van der Waals surface area contributed by atoms with Gasteiger partial charge in [0.05, 0.1) is 23.1 Å². The molecule has 1 saturated heterocycles. The van der Waals surface area contributed by atoms with Crippen molar-refractivity contribution in [1.29, 1.82) is 0 Å². The van der Waals surface area contributed by atoms with E-state index in [1.807, 2.05) is 0 Å². The largest absolute Gasteiger partial charge is 0.448 e. The van der Waals surface area contributed by atoms with Crippen LogP contribution in [-0.4, -0.2) is 60.6 Å². The van der Waals surface area contributed by atoms with Crippen LogP contribution < -0.4 is 5.32 Å². The molecule has 32 heavy (non-hydrogen) atoms. The van der Waals surface area contributed by atoms with E-state index < -0.39 is 51.5 Å². The molecule has 0 saturated carbocycles. The molecule has 3 rings (SSSR count). The summed E-state index contributed by atoms with van der Waals surface area (Å²) in [6, 6.07) is 3.31. The number of alkyl halides is 3. The highest BCUT2D eigenvalue weighted by Gasteiger charge is 2.38. The molecule has 2 amide bonds. The molecule has 0 aromatic heterocycles. The van der Waals surface area contributed by atoms with Gasteiger partial charge in [0.2, 0.25) is 5.91 Å². The van der Waals surface area contributed by atoms with Crippen LogP contribution in [0.3, 0.4) is 0 Å². The monoisotopic (exact) mass is 475 g/mol. The number of nitrogens with zero attached hydrogens (tertiary/aromatic N) is 2. The van der Waals surface area contributed by atoms with Crippen molar-refractivity contribution in [2.75, 3.05) is 16.8 Å². The first-order valence-electron chi connectivity index (χ1n) is 9.65. The topological polar surface area (TPSA) is 122 Å². The van der Waals surface area contributed by atoms with E-state index in [4.69, 9.17) is 4.74 Å². The van der Waals surface area contributed by atoms with Crippen molar-refractivity contribution in [3.63, 3.8) is 0 Å². The number of rotatable bonds is 5. The minimum Gasteiger partial charge on any atom is -0.448 e. The molecule has 1 N–H and O–H groups in total. The molecule has 1 fully saturated rings. The lowest BCUT2D eigenvalue weighted by Crippen LogP contribution is -2.42. The minimum atomic E-state index is -4.58. The van der Waals surface area contributed by atoms with E-state index in [2.05, 4.69) is 10.4 Å². The van der Waals surface area contributed by atoms with Gasteiger partial charge in [-0.1, -0.05) is 6.07 Å². The summed E-state index contributed by atoms with van der Waals surface area (Å²) >= 11 is 0. The number of hydrogen-bond acceptors (Lipinski definition) is 7. The number of carbonyl (C=O) groups excluding carboxylic acids is 3. The number of anilines is 1. The van der Waals surface area contributed by atoms with Gasteiger partial charge in [-0.2, -0.15) is 18.3 Å². The van der Waals surface area contributed by atoms with Gasteiger partial charge in [0, 0.05) is 18.5 Å². The molecule has 9 nitrogen and oxygen atoms in total. The first-order chi connectivity index (χ1) is 14.9. The molecular formula is C19H20F3N3O6S. The maximum atomic E-state index is 12.8. The fraction of sp³-hybridized carbons (Fsp3) is 0.474. The van der Waals surface area contributed by atoms with Gasteiger partial charge in [0.15, 0.2) is 15.9 Å². The quantitative estimate of drug-likeness (QED) is 0.648. The smallest absolute Gasteiger partial charge is 0.416 e. The number of benzene rings is 1. The number of sulfone groups is 1. The average molecular weight is 475 g/mol. The Kier molecular flexibility index (Phi) is 6.58. The van der Waals surface area contributed by atoms with Gasteiger partial charge in [-0.3, -0.25) is 9.59 Å². The van der Waals surface area contributed by atoms with Crippen molar-refractivity contribution in [3.8, 4) is 0 Å². The summed E-state index contributed by atoms with van der Waals surface area (Å²) in [5, 5.41) is 7.18. The van der Waals surface area contributed by atoms with Gasteiger partial charge in [-0.15, -0.1) is 0 Å². The van der Waals surface area contributed by atoms with Crippen LogP contribution in [-0.2, 0) is 35.1 Å². The van der Waals surface area contributed by atoms with Crippen LogP contribution in [0.1, 0.15) is 31.7 Å². The summed E-state index contributed by atoms with van der Waals surface area (Å²) in [4.78, 5) is 36.8. The maximum absolute atomic E-state index is 12.8. The molecule has 2 atom stereocenters. The van der Waals surface area contributed by atoms with E-state index in [0.29, 0.717) is 0 Å².